The number of aryl methyl sites for hydroxylation is 1. The highest BCUT2D eigenvalue weighted by molar-refractivity contribution is 5.09. The number of hydrogen-bond donors (Lipinski definition) is 1. The minimum atomic E-state index is 0.827. The summed E-state index contributed by atoms with van der Waals surface area (Å²) < 4.78 is 4.25. The molecule has 2 heterocycles. The molecule has 2 rings (SSSR count). The van der Waals surface area contributed by atoms with E-state index in [9.17, 15) is 0 Å². The normalized spacial score (nSPS) is 10.8. The predicted octanol–water partition coefficient (Wildman–Crippen LogP) is 0.989. The van der Waals surface area contributed by atoms with Crippen LogP contribution in [0.3, 0.4) is 0 Å². The summed E-state index contributed by atoms with van der Waals surface area (Å²) in [6.45, 7) is 1.71. The molecule has 4 heteroatoms. The standard InChI is InChI=1S/C11H16N4/c1-12-8-10-4-3-6-15(10)9-11-13-5-7-14(11)2/h3-7,12H,8-9H2,1-2H3. The van der Waals surface area contributed by atoms with Gasteiger partial charge in [0.25, 0.3) is 0 Å². The Morgan fingerprint density at radius 2 is 2.27 bits per heavy atom. The molecule has 15 heavy (non-hydrogen) atoms. The zero-order valence-electron chi connectivity index (χ0n) is 9.14. The van der Waals surface area contributed by atoms with Gasteiger partial charge in [-0.15, -0.1) is 0 Å². The lowest BCUT2D eigenvalue weighted by Crippen LogP contribution is -2.13. The Labute approximate surface area is 89.6 Å². The fourth-order valence-electron chi connectivity index (χ4n) is 1.65. The van der Waals surface area contributed by atoms with Gasteiger partial charge in [-0.2, -0.15) is 0 Å². The fraction of sp³-hybridized carbons (Fsp3) is 0.364. The maximum absolute atomic E-state index is 4.31. The van der Waals surface area contributed by atoms with Crippen molar-refractivity contribution in [3.63, 3.8) is 0 Å². The number of imidazole rings is 1. The van der Waals surface area contributed by atoms with E-state index in [1.165, 1.54) is 5.69 Å². The van der Waals surface area contributed by atoms with Crippen LogP contribution in [0.4, 0.5) is 0 Å². The summed E-state index contributed by atoms with van der Waals surface area (Å²) in [5, 5.41) is 3.16. The van der Waals surface area contributed by atoms with Gasteiger partial charge in [-0.25, -0.2) is 4.98 Å². The van der Waals surface area contributed by atoms with Gasteiger partial charge < -0.3 is 14.5 Å². The average Bonchev–Trinajstić information content (AvgIpc) is 2.80. The summed E-state index contributed by atoms with van der Waals surface area (Å²) in [6, 6.07) is 4.19. The molecule has 0 aliphatic heterocycles. The highest BCUT2D eigenvalue weighted by Crippen LogP contribution is 2.05. The van der Waals surface area contributed by atoms with Crippen molar-refractivity contribution in [3.8, 4) is 0 Å². The van der Waals surface area contributed by atoms with E-state index in [1.807, 2.05) is 31.1 Å². The van der Waals surface area contributed by atoms with Crippen LogP contribution in [-0.2, 0) is 20.1 Å². The summed E-state index contributed by atoms with van der Waals surface area (Å²) in [6.07, 6.45) is 5.88. The third kappa shape index (κ3) is 2.10. The zero-order chi connectivity index (χ0) is 10.7. The van der Waals surface area contributed by atoms with Gasteiger partial charge in [-0.3, -0.25) is 0 Å². The number of rotatable bonds is 4. The topological polar surface area (TPSA) is 34.8 Å². The quantitative estimate of drug-likeness (QED) is 0.806. The molecule has 4 nitrogen and oxygen atoms in total. The second-order valence-electron chi connectivity index (χ2n) is 3.61. The summed E-state index contributed by atoms with van der Waals surface area (Å²) in [4.78, 5) is 4.31. The van der Waals surface area contributed by atoms with E-state index < -0.39 is 0 Å². The lowest BCUT2D eigenvalue weighted by atomic mass is 10.4. The van der Waals surface area contributed by atoms with Crippen molar-refractivity contribution in [2.75, 3.05) is 7.05 Å². The highest BCUT2D eigenvalue weighted by atomic mass is 15.1. The molecule has 0 amide bonds. The molecule has 0 saturated carbocycles. The van der Waals surface area contributed by atoms with Crippen molar-refractivity contribution >= 4 is 0 Å². The van der Waals surface area contributed by atoms with Gasteiger partial charge in [0.2, 0.25) is 0 Å². The summed E-state index contributed by atoms with van der Waals surface area (Å²) >= 11 is 0. The molecule has 0 unspecified atom stereocenters. The molecular formula is C11H16N4. The molecule has 0 saturated heterocycles. The Balaban J connectivity index is 2.17. The monoisotopic (exact) mass is 204 g/mol. The zero-order valence-corrected chi connectivity index (χ0v) is 9.14. The van der Waals surface area contributed by atoms with E-state index in [0.717, 1.165) is 18.9 Å². The van der Waals surface area contributed by atoms with Crippen molar-refractivity contribution in [2.24, 2.45) is 7.05 Å². The average molecular weight is 204 g/mol. The van der Waals surface area contributed by atoms with E-state index in [1.54, 1.807) is 0 Å². The minimum Gasteiger partial charge on any atom is -0.343 e. The molecule has 0 bridgehead atoms. The minimum absolute atomic E-state index is 0.827. The predicted molar refractivity (Wildman–Crippen MR) is 59.5 cm³/mol. The van der Waals surface area contributed by atoms with Crippen LogP contribution in [-0.4, -0.2) is 21.2 Å². The van der Waals surface area contributed by atoms with Crippen LogP contribution < -0.4 is 5.32 Å². The van der Waals surface area contributed by atoms with E-state index in [4.69, 9.17) is 0 Å². The van der Waals surface area contributed by atoms with Crippen molar-refractivity contribution in [1.29, 1.82) is 0 Å². The van der Waals surface area contributed by atoms with Crippen LogP contribution in [0.25, 0.3) is 0 Å². The number of nitrogens with zero attached hydrogens (tertiary/aromatic N) is 3. The van der Waals surface area contributed by atoms with Gasteiger partial charge in [0.15, 0.2) is 0 Å². The highest BCUT2D eigenvalue weighted by Gasteiger charge is 2.03. The van der Waals surface area contributed by atoms with Gasteiger partial charge in [0.05, 0.1) is 6.54 Å². The molecule has 2 aromatic rings. The fourth-order valence-corrected chi connectivity index (χ4v) is 1.65. The second-order valence-corrected chi connectivity index (χ2v) is 3.61. The molecule has 0 radical (unpaired) electrons. The Hall–Kier alpha value is -1.55. The first-order chi connectivity index (χ1) is 7.31. The van der Waals surface area contributed by atoms with Crippen LogP contribution in [0.5, 0.6) is 0 Å². The van der Waals surface area contributed by atoms with Gasteiger partial charge in [-0.05, 0) is 19.2 Å². The Morgan fingerprint density at radius 1 is 1.40 bits per heavy atom. The Kier molecular flexibility index (Phi) is 2.87. The van der Waals surface area contributed by atoms with Crippen molar-refractivity contribution < 1.29 is 0 Å². The molecule has 0 aromatic carbocycles. The molecule has 0 aliphatic carbocycles. The number of aromatic nitrogens is 3. The van der Waals surface area contributed by atoms with Gasteiger partial charge in [-0.1, -0.05) is 0 Å². The molecule has 2 aromatic heterocycles. The molecule has 0 fully saturated rings. The maximum Gasteiger partial charge on any atom is 0.128 e. The van der Waals surface area contributed by atoms with Crippen molar-refractivity contribution in [3.05, 3.63) is 42.2 Å². The first-order valence-electron chi connectivity index (χ1n) is 5.06. The molecule has 0 atom stereocenters. The first kappa shape index (κ1) is 9.98. The smallest absolute Gasteiger partial charge is 0.128 e. The van der Waals surface area contributed by atoms with Crippen molar-refractivity contribution in [1.82, 2.24) is 19.4 Å². The van der Waals surface area contributed by atoms with Crippen LogP contribution in [0.15, 0.2) is 30.7 Å². The molecule has 80 valence electrons. The van der Waals surface area contributed by atoms with E-state index in [0.29, 0.717) is 0 Å². The lowest BCUT2D eigenvalue weighted by molar-refractivity contribution is 0.651. The molecule has 0 aliphatic rings. The van der Waals surface area contributed by atoms with Crippen molar-refractivity contribution in [2.45, 2.75) is 13.1 Å². The third-order valence-electron chi connectivity index (χ3n) is 2.51. The number of nitrogens with one attached hydrogen (secondary N) is 1. The molecule has 1 N–H and O–H groups in total. The summed E-state index contributed by atoms with van der Waals surface area (Å²) in [5.74, 6) is 1.07. The molecular weight excluding hydrogens is 188 g/mol. The molecule has 0 spiro atoms. The number of hydrogen-bond acceptors (Lipinski definition) is 2. The summed E-state index contributed by atoms with van der Waals surface area (Å²) in [7, 11) is 3.97. The lowest BCUT2D eigenvalue weighted by Gasteiger charge is -2.08. The van der Waals surface area contributed by atoms with Gasteiger partial charge in [0.1, 0.15) is 5.82 Å². The van der Waals surface area contributed by atoms with E-state index in [2.05, 4.69) is 33.2 Å². The van der Waals surface area contributed by atoms with Crippen LogP contribution in [0.2, 0.25) is 0 Å². The van der Waals surface area contributed by atoms with Gasteiger partial charge in [0, 0.05) is 37.9 Å². The van der Waals surface area contributed by atoms with Crippen LogP contribution >= 0.6 is 0 Å². The Bertz CT molecular complexity index is 427. The first-order valence-corrected chi connectivity index (χ1v) is 5.06. The SMILES string of the molecule is CNCc1cccn1Cc1nccn1C. The maximum atomic E-state index is 4.31. The van der Waals surface area contributed by atoms with E-state index in [-0.39, 0.29) is 0 Å². The second kappa shape index (κ2) is 4.31. The van der Waals surface area contributed by atoms with Crippen LogP contribution in [0, 0.1) is 0 Å². The van der Waals surface area contributed by atoms with E-state index >= 15 is 0 Å². The Morgan fingerprint density at radius 3 is 2.93 bits per heavy atom. The van der Waals surface area contributed by atoms with Gasteiger partial charge >= 0.3 is 0 Å². The summed E-state index contributed by atoms with van der Waals surface area (Å²) in [5.41, 5.74) is 1.28. The largest absolute Gasteiger partial charge is 0.343 e. The van der Waals surface area contributed by atoms with Crippen LogP contribution in [0.1, 0.15) is 11.5 Å². The third-order valence-corrected chi connectivity index (χ3v) is 2.51.